The number of carbonyl (C=O) groups is 2. The van der Waals surface area contributed by atoms with E-state index in [9.17, 15) is 9.59 Å². The van der Waals surface area contributed by atoms with Gasteiger partial charge in [0.2, 0.25) is 5.91 Å². The lowest BCUT2D eigenvalue weighted by Gasteiger charge is -2.09. The van der Waals surface area contributed by atoms with Crippen LogP contribution in [0.2, 0.25) is 0 Å². The van der Waals surface area contributed by atoms with Crippen molar-refractivity contribution in [3.63, 3.8) is 0 Å². The van der Waals surface area contributed by atoms with Gasteiger partial charge in [-0.25, -0.2) is 0 Å². The number of methoxy groups -OCH3 is 1. The molecule has 0 radical (unpaired) electrons. The van der Waals surface area contributed by atoms with Crippen LogP contribution in [0.3, 0.4) is 0 Å². The highest BCUT2D eigenvalue weighted by atomic mass is 32.2. The summed E-state index contributed by atoms with van der Waals surface area (Å²) in [6.45, 7) is 1.92. The number of hydrogen-bond acceptors (Lipinski definition) is 5. The van der Waals surface area contributed by atoms with Crippen molar-refractivity contribution in [2.24, 2.45) is 0 Å². The first-order valence-corrected chi connectivity index (χ1v) is 7.49. The van der Waals surface area contributed by atoms with Gasteiger partial charge < -0.3 is 15.8 Å². The van der Waals surface area contributed by atoms with Gasteiger partial charge in [0, 0.05) is 17.8 Å². The van der Waals surface area contributed by atoms with Crippen molar-refractivity contribution in [1.82, 2.24) is 0 Å². The van der Waals surface area contributed by atoms with Crippen molar-refractivity contribution in [2.45, 2.75) is 19.8 Å². The van der Waals surface area contributed by atoms with Crippen LogP contribution in [0.25, 0.3) is 0 Å². The Bertz CT molecular complexity index is 477. The molecule has 0 bridgehead atoms. The van der Waals surface area contributed by atoms with Gasteiger partial charge in [0.15, 0.2) is 0 Å². The van der Waals surface area contributed by atoms with Crippen LogP contribution in [-0.2, 0) is 14.3 Å². The molecule has 0 aromatic heterocycles. The maximum atomic E-state index is 11.8. The van der Waals surface area contributed by atoms with E-state index in [2.05, 4.69) is 10.1 Å². The van der Waals surface area contributed by atoms with Gasteiger partial charge in [-0.05, 0) is 36.8 Å². The Hall–Kier alpha value is -1.69. The summed E-state index contributed by atoms with van der Waals surface area (Å²) < 4.78 is 4.53. The van der Waals surface area contributed by atoms with E-state index in [-0.39, 0.29) is 11.9 Å². The second-order valence-electron chi connectivity index (χ2n) is 4.35. The number of nitrogens with two attached hydrogens (primary N) is 1. The molecule has 5 nitrogen and oxygen atoms in total. The Labute approximate surface area is 123 Å². The largest absolute Gasteiger partial charge is 0.468 e. The summed E-state index contributed by atoms with van der Waals surface area (Å²) in [5.74, 6) is 0.789. The third kappa shape index (κ3) is 5.97. The predicted octanol–water partition coefficient (Wildman–Crippen LogP) is 2.20. The first-order chi connectivity index (χ1) is 9.52. The van der Waals surface area contributed by atoms with E-state index < -0.39 is 0 Å². The lowest BCUT2D eigenvalue weighted by atomic mass is 10.1. The normalized spacial score (nSPS) is 10.1. The highest BCUT2D eigenvalue weighted by molar-refractivity contribution is 7.99. The topological polar surface area (TPSA) is 81.4 Å². The highest BCUT2D eigenvalue weighted by Crippen LogP contribution is 2.18. The van der Waals surface area contributed by atoms with Crippen LogP contribution in [0.5, 0.6) is 0 Å². The summed E-state index contributed by atoms with van der Waals surface area (Å²) in [4.78, 5) is 22.7. The minimum Gasteiger partial charge on any atom is -0.468 e. The number of thioether (sulfide) groups is 1. The van der Waals surface area contributed by atoms with Gasteiger partial charge in [-0.1, -0.05) is 6.07 Å². The van der Waals surface area contributed by atoms with Crippen molar-refractivity contribution in [3.8, 4) is 0 Å². The summed E-state index contributed by atoms with van der Waals surface area (Å²) in [6, 6.07) is 5.42. The molecule has 0 spiro atoms. The van der Waals surface area contributed by atoms with Gasteiger partial charge in [0.1, 0.15) is 0 Å². The number of ether oxygens (including phenoxy) is 1. The molecule has 1 aromatic carbocycles. The zero-order chi connectivity index (χ0) is 15.0. The van der Waals surface area contributed by atoms with Crippen molar-refractivity contribution >= 4 is 35.0 Å². The molecule has 0 unspecified atom stereocenters. The molecule has 6 heteroatoms. The molecule has 0 fully saturated rings. The third-order valence-corrected chi connectivity index (χ3v) is 3.69. The van der Waals surface area contributed by atoms with Crippen molar-refractivity contribution in [3.05, 3.63) is 23.8 Å². The molecule has 110 valence electrons. The molecule has 1 aromatic rings. The smallest absolute Gasteiger partial charge is 0.315 e. The summed E-state index contributed by atoms with van der Waals surface area (Å²) >= 11 is 1.47. The number of amides is 1. The summed E-state index contributed by atoms with van der Waals surface area (Å²) in [6.07, 6.45) is 1.14. The van der Waals surface area contributed by atoms with Crippen molar-refractivity contribution in [2.75, 3.05) is 29.7 Å². The standard InChI is InChI=1S/C14H20N2O3S/c1-10-5-6-11(15)8-12(10)16-13(17)4-3-7-20-9-14(18)19-2/h5-6,8H,3-4,7,9,15H2,1-2H3,(H,16,17). The fourth-order valence-corrected chi connectivity index (χ4v) is 2.31. The molecule has 0 aliphatic carbocycles. The lowest BCUT2D eigenvalue weighted by molar-refractivity contribution is -0.137. The van der Waals surface area contributed by atoms with E-state index in [0.29, 0.717) is 17.9 Å². The Morgan fingerprint density at radius 2 is 2.15 bits per heavy atom. The van der Waals surface area contributed by atoms with Crippen LogP contribution >= 0.6 is 11.8 Å². The second-order valence-corrected chi connectivity index (χ2v) is 5.46. The second kappa shape index (κ2) is 8.47. The zero-order valence-corrected chi connectivity index (χ0v) is 12.6. The maximum absolute atomic E-state index is 11.8. The van der Waals surface area contributed by atoms with Crippen LogP contribution in [0.4, 0.5) is 11.4 Å². The molecule has 1 rings (SSSR count). The quantitative estimate of drug-likeness (QED) is 0.458. The summed E-state index contributed by atoms with van der Waals surface area (Å²) in [7, 11) is 1.37. The van der Waals surface area contributed by atoms with Crippen LogP contribution in [0.1, 0.15) is 18.4 Å². The molecule has 0 saturated carbocycles. The van der Waals surface area contributed by atoms with Gasteiger partial charge in [0.25, 0.3) is 0 Å². The maximum Gasteiger partial charge on any atom is 0.315 e. The van der Waals surface area contributed by atoms with Gasteiger partial charge >= 0.3 is 5.97 Å². The van der Waals surface area contributed by atoms with E-state index in [0.717, 1.165) is 23.4 Å². The van der Waals surface area contributed by atoms with Crippen molar-refractivity contribution < 1.29 is 14.3 Å². The Balaban J connectivity index is 2.27. The molecule has 0 atom stereocenters. The highest BCUT2D eigenvalue weighted by Gasteiger charge is 2.06. The van der Waals surface area contributed by atoms with Crippen LogP contribution in [-0.4, -0.2) is 30.5 Å². The number of nitrogen functional groups attached to an aromatic ring is 1. The molecule has 0 saturated heterocycles. The van der Waals surface area contributed by atoms with Crippen LogP contribution in [0, 0.1) is 6.92 Å². The van der Waals surface area contributed by atoms with Crippen LogP contribution in [0.15, 0.2) is 18.2 Å². The van der Waals surface area contributed by atoms with E-state index >= 15 is 0 Å². The lowest BCUT2D eigenvalue weighted by Crippen LogP contribution is -2.13. The number of nitrogens with one attached hydrogen (secondary N) is 1. The fourth-order valence-electron chi connectivity index (χ4n) is 1.54. The molecule has 1 amide bonds. The molecule has 3 N–H and O–H groups in total. The number of anilines is 2. The van der Waals surface area contributed by atoms with E-state index in [1.165, 1.54) is 18.9 Å². The average molecular weight is 296 g/mol. The molecular weight excluding hydrogens is 276 g/mol. The minimum absolute atomic E-state index is 0.0441. The van der Waals surface area contributed by atoms with E-state index in [4.69, 9.17) is 5.73 Å². The minimum atomic E-state index is -0.241. The molecule has 0 aliphatic rings. The number of esters is 1. The van der Waals surface area contributed by atoms with Crippen molar-refractivity contribution in [1.29, 1.82) is 0 Å². The third-order valence-electron chi connectivity index (χ3n) is 2.68. The fraction of sp³-hybridized carbons (Fsp3) is 0.429. The number of rotatable bonds is 7. The molecular formula is C14H20N2O3S. The average Bonchev–Trinajstić information content (AvgIpc) is 2.42. The van der Waals surface area contributed by atoms with Gasteiger partial charge in [-0.3, -0.25) is 9.59 Å². The number of carbonyl (C=O) groups excluding carboxylic acids is 2. The van der Waals surface area contributed by atoms with Crippen LogP contribution < -0.4 is 11.1 Å². The Morgan fingerprint density at radius 1 is 1.40 bits per heavy atom. The molecule has 0 heterocycles. The molecule has 20 heavy (non-hydrogen) atoms. The van der Waals surface area contributed by atoms with Gasteiger partial charge in [-0.15, -0.1) is 0 Å². The van der Waals surface area contributed by atoms with E-state index in [1.54, 1.807) is 12.1 Å². The first kappa shape index (κ1) is 16.4. The zero-order valence-electron chi connectivity index (χ0n) is 11.8. The summed E-state index contributed by atoms with van der Waals surface area (Å²) in [5.41, 5.74) is 8.04. The SMILES string of the molecule is COC(=O)CSCCCC(=O)Nc1cc(N)ccc1C. The van der Waals surface area contributed by atoms with E-state index in [1.807, 2.05) is 13.0 Å². The van der Waals surface area contributed by atoms with Gasteiger partial charge in [-0.2, -0.15) is 11.8 Å². The molecule has 0 aliphatic heterocycles. The first-order valence-electron chi connectivity index (χ1n) is 6.33. The Morgan fingerprint density at radius 3 is 2.85 bits per heavy atom. The van der Waals surface area contributed by atoms with Gasteiger partial charge in [0.05, 0.1) is 12.9 Å². The summed E-state index contributed by atoms with van der Waals surface area (Å²) in [5, 5.41) is 2.84. The number of aryl methyl sites for hydroxylation is 1. The number of hydrogen-bond donors (Lipinski definition) is 2. The Kier molecular flexibility index (Phi) is 6.93. The predicted molar refractivity (Wildman–Crippen MR) is 82.8 cm³/mol. The monoisotopic (exact) mass is 296 g/mol. The number of benzene rings is 1.